The van der Waals surface area contributed by atoms with Gasteiger partial charge in [0.2, 0.25) is 0 Å². The zero-order chi connectivity index (χ0) is 20.9. The van der Waals surface area contributed by atoms with Crippen molar-refractivity contribution in [3.63, 3.8) is 0 Å². The summed E-state index contributed by atoms with van der Waals surface area (Å²) in [6, 6.07) is 1.06. The van der Waals surface area contributed by atoms with Crippen LogP contribution < -0.4 is 11.0 Å². The van der Waals surface area contributed by atoms with Crippen molar-refractivity contribution in [1.29, 1.82) is 0 Å². The van der Waals surface area contributed by atoms with Crippen molar-refractivity contribution in [2.75, 3.05) is 0 Å². The second-order valence-electron chi connectivity index (χ2n) is 7.29. The Morgan fingerprint density at radius 1 is 1.44 bits per heavy atom. The van der Waals surface area contributed by atoms with Crippen LogP contribution in [0.3, 0.4) is 0 Å². The lowest BCUT2D eigenvalue weighted by atomic mass is 10.2. The van der Waals surface area contributed by atoms with Crippen LogP contribution in [-0.4, -0.2) is 31.9 Å². The van der Waals surface area contributed by atoms with Crippen LogP contribution in [0.1, 0.15) is 50.2 Å². The molecule has 0 saturated heterocycles. The number of aryl methyl sites for hydroxylation is 1. The van der Waals surface area contributed by atoms with E-state index >= 15 is 0 Å². The number of carbonyl (C=O) groups is 1. The summed E-state index contributed by atoms with van der Waals surface area (Å²) in [4.78, 5) is 28.9. The Morgan fingerprint density at radius 3 is 2.88 bits per heavy atom. The molecule has 0 aromatic carbocycles. The molecule has 2 atom stereocenters. The number of rotatable bonds is 2. The Bertz CT molecular complexity index is 961. The van der Waals surface area contributed by atoms with Gasteiger partial charge in [0, 0.05) is 29.2 Å². The molecule has 0 unspecified atom stereocenters. The van der Waals surface area contributed by atoms with Gasteiger partial charge in [0.15, 0.2) is 0 Å². The quantitative estimate of drug-likeness (QED) is 0.825. The normalized spacial score (nSPS) is 23.1. The highest BCUT2D eigenvalue weighted by atomic mass is 35.5. The van der Waals surface area contributed by atoms with Crippen LogP contribution in [0.15, 0.2) is 17.1 Å². The van der Waals surface area contributed by atoms with Crippen LogP contribution in [0.5, 0.6) is 0 Å². The fraction of sp³-hybridized carbons (Fsp3) is 0.588. The van der Waals surface area contributed by atoms with Gasteiger partial charge in [-0.05, 0) is 40.0 Å². The molecule has 1 N–H and O–H groups in total. The molecule has 0 radical (unpaired) electrons. The van der Waals surface area contributed by atoms with Gasteiger partial charge in [-0.25, -0.2) is 14.6 Å². The lowest BCUT2D eigenvalue weighted by Crippen LogP contribution is -2.38. The molecular formula is C17H23ClN4O3. The Balaban J connectivity index is 1.91. The number of hydrogen-bond donors (Lipinski definition) is 1. The Morgan fingerprint density at radius 2 is 2.20 bits per heavy atom. The molecule has 0 aliphatic heterocycles. The van der Waals surface area contributed by atoms with E-state index in [9.17, 15) is 9.59 Å². The highest BCUT2D eigenvalue weighted by molar-refractivity contribution is 6.29. The molecular weight excluding hydrogens is 344 g/mol. The first-order valence-corrected chi connectivity index (χ1v) is 8.53. The van der Waals surface area contributed by atoms with E-state index in [0.717, 1.165) is 4.57 Å². The molecule has 1 saturated carbocycles. The van der Waals surface area contributed by atoms with Gasteiger partial charge in [-0.1, -0.05) is 11.6 Å². The number of amides is 1. The summed E-state index contributed by atoms with van der Waals surface area (Å²) in [6.07, 6.45) is 2.53. The molecule has 2 aromatic heterocycles. The minimum atomic E-state index is -2.64. The summed E-state index contributed by atoms with van der Waals surface area (Å²) < 4.78 is 30.6. The van der Waals surface area contributed by atoms with Gasteiger partial charge < -0.3 is 10.1 Å². The third-order valence-corrected chi connectivity index (χ3v) is 4.42. The van der Waals surface area contributed by atoms with Gasteiger partial charge in [-0.15, -0.1) is 0 Å². The smallest absolute Gasteiger partial charge is 0.407 e. The summed E-state index contributed by atoms with van der Waals surface area (Å²) >= 11 is 5.98. The van der Waals surface area contributed by atoms with Crippen molar-refractivity contribution in [3.05, 3.63) is 27.9 Å². The predicted octanol–water partition coefficient (Wildman–Crippen LogP) is 3.01. The molecule has 1 aliphatic carbocycles. The van der Waals surface area contributed by atoms with E-state index in [1.807, 2.05) is 0 Å². The van der Waals surface area contributed by atoms with Gasteiger partial charge in [0.1, 0.15) is 10.8 Å². The second-order valence-corrected chi connectivity index (χ2v) is 7.68. The molecule has 1 amide bonds. The van der Waals surface area contributed by atoms with Gasteiger partial charge in [0.25, 0.3) is 0 Å². The average Bonchev–Trinajstić information content (AvgIpc) is 3.05. The molecule has 25 heavy (non-hydrogen) atoms. The third kappa shape index (κ3) is 3.66. The molecule has 136 valence electrons. The lowest BCUT2D eigenvalue weighted by Gasteiger charge is -2.21. The van der Waals surface area contributed by atoms with E-state index in [4.69, 9.17) is 20.5 Å². The Hall–Kier alpha value is -2.02. The maximum absolute atomic E-state index is 12.9. The van der Waals surface area contributed by atoms with Crippen LogP contribution >= 0.6 is 11.6 Å². The summed E-state index contributed by atoms with van der Waals surface area (Å²) in [6.45, 7) is 2.71. The maximum Gasteiger partial charge on any atom is 0.407 e. The summed E-state index contributed by atoms with van der Waals surface area (Å²) in [7, 11) is 0. The van der Waals surface area contributed by atoms with Crippen molar-refractivity contribution < 1.29 is 13.6 Å². The minimum Gasteiger partial charge on any atom is -0.444 e. The molecule has 1 fully saturated rings. The maximum atomic E-state index is 12.9. The van der Waals surface area contributed by atoms with Gasteiger partial charge in [-0.2, -0.15) is 0 Å². The Kier molecular flexibility index (Phi) is 3.61. The summed E-state index contributed by atoms with van der Waals surface area (Å²) in [5.41, 5.74) is -0.611. The average molecular weight is 370 g/mol. The number of carbonyl (C=O) groups excluding carboxylic acids is 1. The number of aromatic nitrogens is 3. The monoisotopic (exact) mass is 369 g/mol. The lowest BCUT2D eigenvalue weighted by molar-refractivity contribution is 0.0505. The molecule has 2 aromatic rings. The SMILES string of the molecule is [2H]C([2H])([2H])n1c(=O)n([C@@H]2CC[C@@H](NC(=O)OC(C)(C)C)C2)c2cc(Cl)ncc21. The fourth-order valence-corrected chi connectivity index (χ4v) is 3.39. The van der Waals surface area contributed by atoms with Crippen LogP contribution in [0, 0.1) is 0 Å². The second kappa shape index (κ2) is 6.37. The van der Waals surface area contributed by atoms with Crippen molar-refractivity contribution in [1.82, 2.24) is 19.4 Å². The number of pyridine rings is 1. The first-order valence-electron chi connectivity index (χ1n) is 9.65. The van der Waals surface area contributed by atoms with Crippen molar-refractivity contribution in [2.45, 2.75) is 57.7 Å². The number of halogens is 1. The standard InChI is InChI=1S/C17H23ClN4O3/c1-17(2,3)25-15(23)20-10-5-6-11(7-10)22-12-8-14(18)19-9-13(12)21(4)16(22)24/h8-11H,5-7H2,1-4H3,(H,20,23)/t10-,11-/m1/s1/i4D3. The number of hydrogen-bond acceptors (Lipinski definition) is 4. The molecule has 7 nitrogen and oxygen atoms in total. The number of fused-ring (bicyclic) bond motifs is 1. The van der Waals surface area contributed by atoms with Crippen LogP contribution in [-0.2, 0) is 11.7 Å². The molecule has 2 heterocycles. The van der Waals surface area contributed by atoms with Crippen LogP contribution in [0.25, 0.3) is 11.0 Å². The Labute approximate surface area is 155 Å². The first-order chi connectivity index (χ1) is 12.9. The van der Waals surface area contributed by atoms with Crippen LogP contribution in [0.2, 0.25) is 5.15 Å². The van der Waals surface area contributed by atoms with E-state index in [0.29, 0.717) is 24.8 Å². The summed E-state index contributed by atoms with van der Waals surface area (Å²) in [5.74, 6) is 0. The topological polar surface area (TPSA) is 78.2 Å². The highest BCUT2D eigenvalue weighted by Crippen LogP contribution is 2.32. The van der Waals surface area contributed by atoms with Gasteiger partial charge in [-0.3, -0.25) is 9.13 Å². The number of nitrogens with zero attached hydrogens (tertiary/aromatic N) is 3. The molecule has 8 heteroatoms. The summed E-state index contributed by atoms with van der Waals surface area (Å²) in [5, 5.41) is 2.99. The zero-order valence-electron chi connectivity index (χ0n) is 17.4. The van der Waals surface area contributed by atoms with Crippen LogP contribution in [0.4, 0.5) is 4.79 Å². The van der Waals surface area contributed by atoms with E-state index in [1.165, 1.54) is 16.8 Å². The predicted molar refractivity (Wildman–Crippen MR) is 96.0 cm³/mol. The van der Waals surface area contributed by atoms with Crippen molar-refractivity contribution in [2.24, 2.45) is 6.98 Å². The van der Waals surface area contributed by atoms with Crippen molar-refractivity contribution in [3.8, 4) is 0 Å². The van der Waals surface area contributed by atoms with Crippen molar-refractivity contribution >= 4 is 28.7 Å². The number of ether oxygens (including phenoxy) is 1. The van der Waals surface area contributed by atoms with Gasteiger partial charge in [0.05, 0.1) is 17.2 Å². The largest absolute Gasteiger partial charge is 0.444 e. The van der Waals surface area contributed by atoms with E-state index in [1.54, 1.807) is 20.8 Å². The fourth-order valence-electron chi connectivity index (χ4n) is 3.24. The molecule has 3 rings (SSSR count). The van der Waals surface area contributed by atoms with E-state index in [2.05, 4.69) is 10.3 Å². The number of nitrogens with one attached hydrogen (secondary N) is 1. The number of imidazole rings is 1. The third-order valence-electron chi connectivity index (χ3n) is 4.22. The number of alkyl carbamates (subject to hydrolysis) is 1. The van der Waals surface area contributed by atoms with E-state index in [-0.39, 0.29) is 22.8 Å². The molecule has 1 aliphatic rings. The van der Waals surface area contributed by atoms with E-state index < -0.39 is 24.4 Å². The molecule has 0 bridgehead atoms. The first kappa shape index (κ1) is 14.2. The highest BCUT2D eigenvalue weighted by Gasteiger charge is 2.31. The van der Waals surface area contributed by atoms with Gasteiger partial charge >= 0.3 is 11.8 Å². The zero-order valence-corrected chi connectivity index (χ0v) is 15.1. The minimum absolute atomic E-state index is 0.171. The molecule has 0 spiro atoms.